The van der Waals surface area contributed by atoms with Gasteiger partial charge in [-0.05, 0) is 48.9 Å². The lowest BCUT2D eigenvalue weighted by Gasteiger charge is -2.34. The maximum absolute atomic E-state index is 13.1. The van der Waals surface area contributed by atoms with Crippen molar-refractivity contribution in [1.29, 1.82) is 0 Å². The minimum Gasteiger partial charge on any atom is -0.295 e. The number of sulfonamides is 1. The minimum atomic E-state index is -3.61. The molecule has 1 aliphatic heterocycles. The average Bonchev–Trinajstić information content (AvgIpc) is 3.02. The predicted octanol–water partition coefficient (Wildman–Crippen LogP) is 3.65. The van der Waals surface area contributed by atoms with Crippen molar-refractivity contribution < 1.29 is 13.2 Å². The molecule has 0 bridgehead atoms. The standard InChI is InChI=1S/C17H19NO3S2/c1-3-16-15-8-10-22-17(15)7-9-18(16)23(20,21)14-6-4-5-13(11-14)12(2)19/h4-6,8,10-11,16H,3,7,9H2,1-2H3. The molecule has 0 radical (unpaired) electrons. The number of carbonyl (C=O) groups excluding carboxylic acids is 1. The highest BCUT2D eigenvalue weighted by molar-refractivity contribution is 7.89. The third kappa shape index (κ3) is 2.86. The van der Waals surface area contributed by atoms with Crippen molar-refractivity contribution in [2.45, 2.75) is 37.6 Å². The molecule has 0 saturated carbocycles. The van der Waals surface area contributed by atoms with E-state index in [2.05, 4.69) is 0 Å². The van der Waals surface area contributed by atoms with Crippen molar-refractivity contribution in [3.05, 3.63) is 51.7 Å². The molecule has 1 atom stereocenters. The average molecular weight is 349 g/mol. The Hall–Kier alpha value is -1.50. The van der Waals surface area contributed by atoms with E-state index in [0.717, 1.165) is 18.4 Å². The molecular weight excluding hydrogens is 330 g/mol. The lowest BCUT2D eigenvalue weighted by Crippen LogP contribution is -2.39. The largest absolute Gasteiger partial charge is 0.295 e. The van der Waals surface area contributed by atoms with E-state index in [0.29, 0.717) is 12.1 Å². The van der Waals surface area contributed by atoms with Gasteiger partial charge in [0.15, 0.2) is 5.78 Å². The first-order chi connectivity index (χ1) is 10.9. The Balaban J connectivity index is 2.03. The highest BCUT2D eigenvalue weighted by atomic mass is 32.2. The van der Waals surface area contributed by atoms with Gasteiger partial charge in [0.05, 0.1) is 10.9 Å². The van der Waals surface area contributed by atoms with Gasteiger partial charge in [-0.1, -0.05) is 19.1 Å². The van der Waals surface area contributed by atoms with Crippen LogP contribution in [0.2, 0.25) is 0 Å². The molecule has 0 saturated heterocycles. The van der Waals surface area contributed by atoms with E-state index in [-0.39, 0.29) is 16.7 Å². The Morgan fingerprint density at radius 1 is 1.35 bits per heavy atom. The van der Waals surface area contributed by atoms with Gasteiger partial charge in [0.1, 0.15) is 0 Å². The predicted molar refractivity (Wildman–Crippen MR) is 91.4 cm³/mol. The fraction of sp³-hybridized carbons (Fsp3) is 0.353. The highest BCUT2D eigenvalue weighted by Crippen LogP contribution is 2.38. The van der Waals surface area contributed by atoms with Gasteiger partial charge in [0.25, 0.3) is 0 Å². The highest BCUT2D eigenvalue weighted by Gasteiger charge is 2.36. The maximum atomic E-state index is 13.1. The molecule has 0 aliphatic carbocycles. The molecule has 1 aromatic heterocycles. The summed E-state index contributed by atoms with van der Waals surface area (Å²) in [6.45, 7) is 3.93. The number of fused-ring (bicyclic) bond motifs is 1. The molecule has 1 unspecified atom stereocenters. The molecule has 1 aliphatic rings. The summed E-state index contributed by atoms with van der Waals surface area (Å²) in [6.07, 6.45) is 1.48. The molecule has 0 fully saturated rings. The van der Waals surface area contributed by atoms with E-state index >= 15 is 0 Å². The summed E-state index contributed by atoms with van der Waals surface area (Å²) in [5, 5.41) is 2.03. The van der Waals surface area contributed by atoms with Crippen LogP contribution in [-0.4, -0.2) is 25.1 Å². The van der Waals surface area contributed by atoms with Crippen LogP contribution in [0.3, 0.4) is 0 Å². The summed E-state index contributed by atoms with van der Waals surface area (Å²) in [5.41, 5.74) is 1.54. The molecular formula is C17H19NO3S2. The topological polar surface area (TPSA) is 54.5 Å². The summed E-state index contributed by atoms with van der Waals surface area (Å²) in [7, 11) is -3.61. The van der Waals surface area contributed by atoms with Crippen molar-refractivity contribution in [1.82, 2.24) is 4.31 Å². The Kier molecular flexibility index (Phi) is 4.40. The van der Waals surface area contributed by atoms with Crippen LogP contribution < -0.4 is 0 Å². The molecule has 2 aromatic rings. The Morgan fingerprint density at radius 2 is 2.13 bits per heavy atom. The normalized spacial score (nSPS) is 18.6. The number of hydrogen-bond donors (Lipinski definition) is 0. The van der Waals surface area contributed by atoms with Crippen LogP contribution in [0.1, 0.15) is 47.1 Å². The first kappa shape index (κ1) is 16.4. The summed E-state index contributed by atoms with van der Waals surface area (Å²) in [6, 6.07) is 8.22. The molecule has 3 rings (SSSR count). The molecule has 23 heavy (non-hydrogen) atoms. The summed E-state index contributed by atoms with van der Waals surface area (Å²) in [5.74, 6) is -0.132. The van der Waals surface area contributed by atoms with Gasteiger partial charge in [0.2, 0.25) is 10.0 Å². The molecule has 0 spiro atoms. The van der Waals surface area contributed by atoms with Gasteiger partial charge in [-0.2, -0.15) is 4.31 Å². The van der Waals surface area contributed by atoms with Gasteiger partial charge >= 0.3 is 0 Å². The van der Waals surface area contributed by atoms with Gasteiger partial charge < -0.3 is 0 Å². The second-order valence-electron chi connectivity index (χ2n) is 5.67. The SMILES string of the molecule is CCC1c2ccsc2CCN1S(=O)(=O)c1cccc(C(C)=O)c1. The number of thiophene rings is 1. The molecule has 1 aromatic carbocycles. The fourth-order valence-corrected chi connectivity index (χ4v) is 5.75. The zero-order valence-electron chi connectivity index (χ0n) is 13.2. The van der Waals surface area contributed by atoms with E-state index in [1.165, 1.54) is 17.9 Å². The van der Waals surface area contributed by atoms with E-state index in [1.807, 2.05) is 18.4 Å². The molecule has 2 heterocycles. The van der Waals surface area contributed by atoms with Gasteiger partial charge in [-0.15, -0.1) is 11.3 Å². The van der Waals surface area contributed by atoms with Crippen LogP contribution in [0.5, 0.6) is 0 Å². The first-order valence-corrected chi connectivity index (χ1v) is 9.96. The van der Waals surface area contributed by atoms with Crippen LogP contribution in [-0.2, 0) is 16.4 Å². The van der Waals surface area contributed by atoms with Crippen molar-refractivity contribution >= 4 is 27.1 Å². The fourth-order valence-electron chi connectivity index (χ4n) is 3.10. The number of ketones is 1. The van der Waals surface area contributed by atoms with Crippen LogP contribution in [0.4, 0.5) is 0 Å². The quantitative estimate of drug-likeness (QED) is 0.792. The lowest BCUT2D eigenvalue weighted by molar-refractivity contribution is 0.101. The Morgan fingerprint density at radius 3 is 2.83 bits per heavy atom. The lowest BCUT2D eigenvalue weighted by atomic mass is 10.0. The number of nitrogens with zero attached hydrogens (tertiary/aromatic N) is 1. The molecule has 0 amide bonds. The number of benzene rings is 1. The van der Waals surface area contributed by atoms with E-state index in [1.54, 1.807) is 33.8 Å². The van der Waals surface area contributed by atoms with Crippen molar-refractivity contribution in [3.63, 3.8) is 0 Å². The van der Waals surface area contributed by atoms with Crippen molar-refractivity contribution in [2.24, 2.45) is 0 Å². The van der Waals surface area contributed by atoms with Gasteiger partial charge in [-0.3, -0.25) is 4.79 Å². The third-order valence-electron chi connectivity index (χ3n) is 4.28. The molecule has 0 N–H and O–H groups in total. The summed E-state index contributed by atoms with van der Waals surface area (Å²) >= 11 is 1.69. The Bertz CT molecular complexity index is 839. The number of carbonyl (C=O) groups is 1. The molecule has 122 valence electrons. The van der Waals surface area contributed by atoms with Gasteiger partial charge in [-0.25, -0.2) is 8.42 Å². The van der Waals surface area contributed by atoms with Crippen molar-refractivity contribution in [3.8, 4) is 0 Å². The second kappa shape index (κ2) is 6.19. The minimum absolute atomic E-state index is 0.129. The zero-order chi connectivity index (χ0) is 16.6. The zero-order valence-corrected chi connectivity index (χ0v) is 14.8. The van der Waals surface area contributed by atoms with E-state index in [9.17, 15) is 13.2 Å². The molecule has 4 nitrogen and oxygen atoms in total. The first-order valence-electron chi connectivity index (χ1n) is 7.64. The van der Waals surface area contributed by atoms with E-state index in [4.69, 9.17) is 0 Å². The number of Topliss-reactive ketones (excluding diaryl/α,β-unsaturated/α-hetero) is 1. The monoisotopic (exact) mass is 349 g/mol. The van der Waals surface area contributed by atoms with Crippen LogP contribution in [0.15, 0.2) is 40.6 Å². The Labute approximate surface area is 140 Å². The van der Waals surface area contributed by atoms with Crippen LogP contribution in [0, 0.1) is 0 Å². The van der Waals surface area contributed by atoms with Crippen molar-refractivity contribution in [2.75, 3.05) is 6.54 Å². The third-order valence-corrected chi connectivity index (χ3v) is 7.18. The smallest absolute Gasteiger partial charge is 0.243 e. The van der Waals surface area contributed by atoms with Gasteiger partial charge in [0, 0.05) is 17.0 Å². The van der Waals surface area contributed by atoms with Crippen LogP contribution in [0.25, 0.3) is 0 Å². The summed E-state index contributed by atoms with van der Waals surface area (Å²) < 4.78 is 27.7. The number of rotatable bonds is 4. The maximum Gasteiger partial charge on any atom is 0.243 e. The van der Waals surface area contributed by atoms with E-state index < -0.39 is 10.0 Å². The second-order valence-corrected chi connectivity index (χ2v) is 8.56. The molecule has 6 heteroatoms. The van der Waals surface area contributed by atoms with Crippen LogP contribution >= 0.6 is 11.3 Å². The summed E-state index contributed by atoms with van der Waals surface area (Å²) in [4.78, 5) is 13.0. The number of hydrogen-bond acceptors (Lipinski definition) is 4.